The summed E-state index contributed by atoms with van der Waals surface area (Å²) in [5.41, 5.74) is 1.05. The van der Waals surface area contributed by atoms with Crippen LogP contribution >= 0.6 is 11.8 Å². The third-order valence-electron chi connectivity index (χ3n) is 4.56. The largest absolute Gasteiger partial charge is 0.354 e. The minimum absolute atomic E-state index is 0.109. The van der Waals surface area contributed by atoms with Crippen molar-refractivity contribution >= 4 is 23.5 Å². The van der Waals surface area contributed by atoms with Gasteiger partial charge in [0.25, 0.3) is 0 Å². The van der Waals surface area contributed by atoms with Gasteiger partial charge in [-0.05, 0) is 18.7 Å². The fourth-order valence-electron chi connectivity index (χ4n) is 2.99. The van der Waals surface area contributed by atoms with E-state index in [2.05, 4.69) is 44.6 Å². The SMILES string of the molecule is CN1CCN(c2ccc(CNC(=O)CC3CSCCN3)cn2)CC1. The smallest absolute Gasteiger partial charge is 0.221 e. The normalized spacial score (nSPS) is 22.4. The number of piperazine rings is 1. The van der Waals surface area contributed by atoms with Gasteiger partial charge in [-0.2, -0.15) is 11.8 Å². The molecule has 24 heavy (non-hydrogen) atoms. The van der Waals surface area contributed by atoms with Gasteiger partial charge in [0, 0.05) is 69.4 Å². The number of likely N-dealkylation sites (N-methyl/N-ethyl adjacent to an activating group) is 1. The molecule has 2 saturated heterocycles. The molecule has 2 fully saturated rings. The molecule has 2 aliphatic heterocycles. The number of thioether (sulfide) groups is 1. The molecule has 132 valence electrons. The van der Waals surface area contributed by atoms with Crippen LogP contribution in [-0.4, -0.2) is 73.1 Å². The Labute approximate surface area is 148 Å². The fraction of sp³-hybridized carbons (Fsp3) is 0.647. The Morgan fingerprint density at radius 3 is 2.88 bits per heavy atom. The van der Waals surface area contributed by atoms with Crippen molar-refractivity contribution in [3.63, 3.8) is 0 Å². The van der Waals surface area contributed by atoms with Gasteiger partial charge in [-0.25, -0.2) is 4.98 Å². The number of anilines is 1. The van der Waals surface area contributed by atoms with Crippen LogP contribution in [0.3, 0.4) is 0 Å². The first-order chi connectivity index (χ1) is 11.7. The summed E-state index contributed by atoms with van der Waals surface area (Å²) in [6.45, 7) is 5.74. The Bertz CT molecular complexity index is 524. The molecule has 0 aliphatic carbocycles. The molecule has 1 aromatic rings. The van der Waals surface area contributed by atoms with Crippen molar-refractivity contribution in [1.82, 2.24) is 20.5 Å². The molecule has 3 heterocycles. The number of rotatable bonds is 5. The average molecular weight is 350 g/mol. The first-order valence-corrected chi connectivity index (χ1v) is 9.82. The maximum absolute atomic E-state index is 12.0. The molecule has 3 rings (SSSR count). The first-order valence-electron chi connectivity index (χ1n) is 8.67. The Balaban J connectivity index is 1.43. The van der Waals surface area contributed by atoms with Gasteiger partial charge in [0.1, 0.15) is 5.82 Å². The number of carbonyl (C=O) groups is 1. The molecule has 6 nitrogen and oxygen atoms in total. The van der Waals surface area contributed by atoms with Crippen LogP contribution in [0.4, 0.5) is 5.82 Å². The molecule has 0 radical (unpaired) electrons. The fourth-order valence-corrected chi connectivity index (χ4v) is 3.94. The number of hydrogen-bond acceptors (Lipinski definition) is 6. The lowest BCUT2D eigenvalue weighted by Gasteiger charge is -2.33. The Hall–Kier alpha value is -1.31. The van der Waals surface area contributed by atoms with Crippen LogP contribution in [0, 0.1) is 0 Å². The van der Waals surface area contributed by atoms with Crippen molar-refractivity contribution in [1.29, 1.82) is 0 Å². The van der Waals surface area contributed by atoms with Crippen LogP contribution in [0.2, 0.25) is 0 Å². The summed E-state index contributed by atoms with van der Waals surface area (Å²) in [5.74, 6) is 3.30. The van der Waals surface area contributed by atoms with E-state index in [1.165, 1.54) is 0 Å². The third kappa shape index (κ3) is 5.09. The number of aromatic nitrogens is 1. The van der Waals surface area contributed by atoms with Crippen LogP contribution in [0.15, 0.2) is 18.3 Å². The van der Waals surface area contributed by atoms with Crippen molar-refractivity contribution in [2.45, 2.75) is 19.0 Å². The van der Waals surface area contributed by atoms with Crippen molar-refractivity contribution in [2.24, 2.45) is 0 Å². The quantitative estimate of drug-likeness (QED) is 0.809. The zero-order valence-electron chi connectivity index (χ0n) is 14.3. The third-order valence-corrected chi connectivity index (χ3v) is 5.69. The van der Waals surface area contributed by atoms with E-state index in [-0.39, 0.29) is 5.91 Å². The lowest BCUT2D eigenvalue weighted by Crippen LogP contribution is -2.44. The minimum atomic E-state index is 0.109. The van der Waals surface area contributed by atoms with Crippen LogP contribution in [0.25, 0.3) is 0 Å². The van der Waals surface area contributed by atoms with Crippen LogP contribution in [-0.2, 0) is 11.3 Å². The molecule has 1 atom stereocenters. The van der Waals surface area contributed by atoms with Gasteiger partial charge >= 0.3 is 0 Å². The molecule has 1 amide bonds. The lowest BCUT2D eigenvalue weighted by molar-refractivity contribution is -0.121. The van der Waals surface area contributed by atoms with E-state index < -0.39 is 0 Å². The molecular formula is C17H27N5OS. The van der Waals surface area contributed by atoms with Crippen molar-refractivity contribution in [3.05, 3.63) is 23.9 Å². The standard InChI is InChI=1S/C17H27N5OS/c1-21-5-7-22(8-6-21)16-3-2-14(11-19-16)12-20-17(23)10-15-13-24-9-4-18-15/h2-3,11,15,18H,4-10,12-13H2,1H3,(H,20,23). The summed E-state index contributed by atoms with van der Waals surface area (Å²) in [5, 5.41) is 6.39. The molecule has 0 saturated carbocycles. The summed E-state index contributed by atoms with van der Waals surface area (Å²) in [7, 11) is 2.15. The number of hydrogen-bond donors (Lipinski definition) is 2. The van der Waals surface area contributed by atoms with Gasteiger partial charge in [0.05, 0.1) is 0 Å². The maximum Gasteiger partial charge on any atom is 0.221 e. The summed E-state index contributed by atoms with van der Waals surface area (Å²) in [6, 6.07) is 4.43. The van der Waals surface area contributed by atoms with E-state index in [0.717, 1.165) is 55.6 Å². The van der Waals surface area contributed by atoms with E-state index >= 15 is 0 Å². The molecule has 2 N–H and O–H groups in total. The zero-order valence-corrected chi connectivity index (χ0v) is 15.1. The van der Waals surface area contributed by atoms with Gasteiger partial charge in [-0.3, -0.25) is 4.79 Å². The molecule has 0 bridgehead atoms. The molecule has 7 heteroatoms. The second kappa shape index (κ2) is 8.69. The molecule has 1 unspecified atom stereocenters. The Morgan fingerprint density at radius 2 is 2.21 bits per heavy atom. The highest BCUT2D eigenvalue weighted by atomic mass is 32.2. The summed E-state index contributed by atoms with van der Waals surface area (Å²) in [4.78, 5) is 21.2. The van der Waals surface area contributed by atoms with Gasteiger partial charge in [-0.15, -0.1) is 0 Å². The monoisotopic (exact) mass is 349 g/mol. The zero-order chi connectivity index (χ0) is 16.8. The highest BCUT2D eigenvalue weighted by molar-refractivity contribution is 7.99. The number of nitrogens with zero attached hydrogens (tertiary/aromatic N) is 3. The highest BCUT2D eigenvalue weighted by Gasteiger charge is 2.17. The van der Waals surface area contributed by atoms with Gasteiger partial charge in [0.15, 0.2) is 0 Å². The summed E-state index contributed by atoms with van der Waals surface area (Å²) >= 11 is 1.91. The molecular weight excluding hydrogens is 322 g/mol. The van der Waals surface area contributed by atoms with E-state index in [9.17, 15) is 4.79 Å². The summed E-state index contributed by atoms with van der Waals surface area (Å²) in [6.07, 6.45) is 2.43. The van der Waals surface area contributed by atoms with E-state index in [1.807, 2.05) is 18.0 Å². The predicted molar refractivity (Wildman–Crippen MR) is 99.5 cm³/mol. The Kier molecular flexibility index (Phi) is 6.34. The molecule has 0 spiro atoms. The highest BCUT2D eigenvalue weighted by Crippen LogP contribution is 2.14. The minimum Gasteiger partial charge on any atom is -0.354 e. The van der Waals surface area contributed by atoms with Crippen LogP contribution in [0.5, 0.6) is 0 Å². The van der Waals surface area contributed by atoms with Crippen molar-refractivity contribution in [3.8, 4) is 0 Å². The Morgan fingerprint density at radius 1 is 1.38 bits per heavy atom. The second-order valence-electron chi connectivity index (χ2n) is 6.52. The summed E-state index contributed by atoms with van der Waals surface area (Å²) < 4.78 is 0. The molecule has 0 aromatic carbocycles. The van der Waals surface area contributed by atoms with Gasteiger partial charge < -0.3 is 20.4 Å². The van der Waals surface area contributed by atoms with Crippen LogP contribution in [0.1, 0.15) is 12.0 Å². The molecule has 2 aliphatic rings. The maximum atomic E-state index is 12.0. The van der Waals surface area contributed by atoms with Crippen LogP contribution < -0.4 is 15.5 Å². The van der Waals surface area contributed by atoms with E-state index in [0.29, 0.717) is 19.0 Å². The topological polar surface area (TPSA) is 60.5 Å². The lowest BCUT2D eigenvalue weighted by atomic mass is 10.2. The van der Waals surface area contributed by atoms with Gasteiger partial charge in [0.2, 0.25) is 5.91 Å². The van der Waals surface area contributed by atoms with Crippen molar-refractivity contribution < 1.29 is 4.79 Å². The average Bonchev–Trinajstić information content (AvgIpc) is 2.62. The van der Waals surface area contributed by atoms with Gasteiger partial charge in [-0.1, -0.05) is 6.07 Å². The number of amides is 1. The molecule has 1 aromatic heterocycles. The number of nitrogens with one attached hydrogen (secondary N) is 2. The van der Waals surface area contributed by atoms with E-state index in [4.69, 9.17) is 0 Å². The van der Waals surface area contributed by atoms with E-state index in [1.54, 1.807) is 0 Å². The number of carbonyl (C=O) groups excluding carboxylic acids is 1. The number of pyridine rings is 1. The second-order valence-corrected chi connectivity index (χ2v) is 7.67. The van der Waals surface area contributed by atoms with Crippen molar-refractivity contribution in [2.75, 3.05) is 56.2 Å². The predicted octanol–water partition coefficient (Wildman–Crippen LogP) is 0.545. The first kappa shape index (κ1) is 17.5.